The van der Waals surface area contributed by atoms with Gasteiger partial charge in [0.25, 0.3) is 0 Å². The molecule has 1 fully saturated rings. The van der Waals surface area contributed by atoms with Crippen molar-refractivity contribution in [2.24, 2.45) is 5.92 Å². The Morgan fingerprint density at radius 3 is 2.46 bits per heavy atom. The van der Waals surface area contributed by atoms with Crippen LogP contribution in [-0.4, -0.2) is 49.2 Å². The number of carbonyl (C=O) groups is 3. The van der Waals surface area contributed by atoms with Crippen LogP contribution in [0.1, 0.15) is 43.4 Å². The SMILES string of the molecule is C=CCOc1cccc(C(=O)[C@@H]2[C@@H](C(=O)c3ccc(OC)c(OC)c3)N3C=Cc4ccccc4[C@@H]3[C@]23C(=O)Nc2ccccc23)c1. The number of anilines is 1. The first-order valence-electron chi connectivity index (χ1n) is 15.0. The molecular weight excluding hydrogens is 580 g/mol. The van der Waals surface area contributed by atoms with Gasteiger partial charge >= 0.3 is 0 Å². The van der Waals surface area contributed by atoms with Crippen LogP contribution in [0.25, 0.3) is 6.08 Å². The summed E-state index contributed by atoms with van der Waals surface area (Å²) in [4.78, 5) is 46.6. The Hall–Kier alpha value is -5.63. The molecule has 0 aromatic heterocycles. The predicted octanol–water partition coefficient (Wildman–Crippen LogP) is 6.25. The topological polar surface area (TPSA) is 94.2 Å². The van der Waals surface area contributed by atoms with E-state index in [1.165, 1.54) is 14.2 Å². The maximum Gasteiger partial charge on any atom is 0.238 e. The molecule has 4 atom stereocenters. The number of hydrogen-bond donors (Lipinski definition) is 1. The van der Waals surface area contributed by atoms with Gasteiger partial charge in [0.2, 0.25) is 5.91 Å². The summed E-state index contributed by atoms with van der Waals surface area (Å²) in [7, 11) is 3.03. The summed E-state index contributed by atoms with van der Waals surface area (Å²) < 4.78 is 16.7. The van der Waals surface area contributed by atoms with Crippen molar-refractivity contribution >= 4 is 29.2 Å². The van der Waals surface area contributed by atoms with Gasteiger partial charge in [0, 0.05) is 23.0 Å². The predicted molar refractivity (Wildman–Crippen MR) is 174 cm³/mol. The molecule has 7 rings (SSSR count). The molecule has 3 aliphatic heterocycles. The van der Waals surface area contributed by atoms with Gasteiger partial charge in [-0.2, -0.15) is 0 Å². The van der Waals surface area contributed by atoms with Crippen LogP contribution >= 0.6 is 0 Å². The zero-order valence-corrected chi connectivity index (χ0v) is 25.4. The van der Waals surface area contributed by atoms with Crippen LogP contribution < -0.4 is 19.5 Å². The summed E-state index contributed by atoms with van der Waals surface area (Å²) in [5, 5.41) is 3.08. The van der Waals surface area contributed by atoms with Crippen molar-refractivity contribution in [3.63, 3.8) is 0 Å². The third kappa shape index (κ3) is 4.24. The van der Waals surface area contributed by atoms with E-state index in [1.807, 2.05) is 65.7 Å². The van der Waals surface area contributed by atoms with Gasteiger partial charge in [-0.1, -0.05) is 67.3 Å². The van der Waals surface area contributed by atoms with Crippen LogP contribution in [0.15, 0.2) is 110 Å². The molecule has 1 saturated heterocycles. The van der Waals surface area contributed by atoms with Gasteiger partial charge in [0.1, 0.15) is 23.8 Å². The van der Waals surface area contributed by atoms with Crippen molar-refractivity contribution in [2.45, 2.75) is 17.5 Å². The Labute approximate surface area is 266 Å². The van der Waals surface area contributed by atoms with Crippen molar-refractivity contribution < 1.29 is 28.6 Å². The molecule has 0 unspecified atom stereocenters. The molecule has 0 aliphatic carbocycles. The van der Waals surface area contributed by atoms with E-state index in [1.54, 1.807) is 48.5 Å². The first kappa shape index (κ1) is 29.1. The van der Waals surface area contributed by atoms with E-state index in [9.17, 15) is 9.59 Å². The molecule has 1 spiro atoms. The summed E-state index contributed by atoms with van der Waals surface area (Å²) in [6.45, 7) is 3.98. The van der Waals surface area contributed by atoms with Gasteiger partial charge in [0.15, 0.2) is 23.1 Å². The van der Waals surface area contributed by atoms with Crippen LogP contribution in [-0.2, 0) is 10.2 Å². The Bertz CT molecular complexity index is 1930. The number of hydrogen-bond acceptors (Lipinski definition) is 7. The minimum atomic E-state index is -1.44. The minimum Gasteiger partial charge on any atom is -0.493 e. The van der Waals surface area contributed by atoms with Crippen molar-refractivity contribution in [1.29, 1.82) is 0 Å². The van der Waals surface area contributed by atoms with Gasteiger partial charge < -0.3 is 24.4 Å². The third-order valence-electron chi connectivity index (χ3n) is 9.28. The molecule has 3 aliphatic rings. The molecule has 0 radical (unpaired) electrons. The van der Waals surface area contributed by atoms with Crippen LogP contribution in [0.4, 0.5) is 5.69 Å². The number of fused-ring (bicyclic) bond motifs is 6. The number of para-hydroxylation sites is 1. The second-order valence-electron chi connectivity index (χ2n) is 11.5. The second kappa shape index (κ2) is 11.4. The molecule has 3 heterocycles. The van der Waals surface area contributed by atoms with Gasteiger partial charge in [-0.15, -0.1) is 0 Å². The number of ether oxygens (including phenoxy) is 3. The molecule has 1 N–H and O–H groups in total. The number of nitrogens with one attached hydrogen (secondary N) is 1. The zero-order chi connectivity index (χ0) is 32.0. The van der Waals surface area contributed by atoms with E-state index in [-0.39, 0.29) is 24.1 Å². The Kier molecular flexibility index (Phi) is 7.20. The highest BCUT2D eigenvalue weighted by Gasteiger charge is 2.70. The lowest BCUT2D eigenvalue weighted by atomic mass is 9.62. The second-order valence-corrected chi connectivity index (χ2v) is 11.5. The highest BCUT2D eigenvalue weighted by atomic mass is 16.5. The quantitative estimate of drug-likeness (QED) is 0.176. The monoisotopic (exact) mass is 612 g/mol. The maximum atomic E-state index is 15.1. The third-order valence-corrected chi connectivity index (χ3v) is 9.28. The molecule has 46 heavy (non-hydrogen) atoms. The van der Waals surface area contributed by atoms with Crippen LogP contribution in [0.3, 0.4) is 0 Å². The number of ketones is 2. The van der Waals surface area contributed by atoms with Crippen LogP contribution in [0.2, 0.25) is 0 Å². The molecule has 0 bridgehead atoms. The number of rotatable bonds is 9. The first-order valence-corrected chi connectivity index (χ1v) is 15.0. The summed E-state index contributed by atoms with van der Waals surface area (Å²) in [6, 6.07) is 25.4. The fraction of sp³-hybridized carbons (Fsp3) is 0.184. The zero-order valence-electron chi connectivity index (χ0n) is 25.4. The van der Waals surface area contributed by atoms with Crippen LogP contribution in [0.5, 0.6) is 17.2 Å². The molecule has 8 nitrogen and oxygen atoms in total. The Balaban J connectivity index is 1.49. The van der Waals surface area contributed by atoms with Gasteiger partial charge in [0.05, 0.1) is 26.2 Å². The molecule has 0 saturated carbocycles. The van der Waals surface area contributed by atoms with Gasteiger partial charge in [-0.3, -0.25) is 14.4 Å². The first-order chi connectivity index (χ1) is 22.4. The van der Waals surface area contributed by atoms with E-state index < -0.39 is 23.4 Å². The number of Topliss-reactive ketones (excluding diaryl/α,β-unsaturated/α-hetero) is 2. The molecule has 230 valence electrons. The fourth-order valence-electron chi connectivity index (χ4n) is 7.40. The number of methoxy groups -OCH3 is 2. The van der Waals surface area contributed by atoms with Gasteiger partial charge in [-0.25, -0.2) is 0 Å². The summed E-state index contributed by atoms with van der Waals surface area (Å²) in [5.41, 5.74) is 2.32. The average molecular weight is 613 g/mol. The summed E-state index contributed by atoms with van der Waals surface area (Å²) >= 11 is 0. The van der Waals surface area contributed by atoms with E-state index in [0.717, 1.165) is 11.1 Å². The highest BCUT2D eigenvalue weighted by Crippen LogP contribution is 2.62. The van der Waals surface area contributed by atoms with E-state index in [4.69, 9.17) is 14.2 Å². The van der Waals surface area contributed by atoms with E-state index in [2.05, 4.69) is 11.9 Å². The number of nitrogens with zero attached hydrogens (tertiary/aromatic N) is 1. The lowest BCUT2D eigenvalue weighted by Crippen LogP contribution is -2.49. The van der Waals surface area contributed by atoms with Crippen molar-refractivity contribution in [1.82, 2.24) is 4.90 Å². The van der Waals surface area contributed by atoms with E-state index >= 15 is 4.79 Å². The fourth-order valence-corrected chi connectivity index (χ4v) is 7.40. The van der Waals surface area contributed by atoms with E-state index in [0.29, 0.717) is 39.6 Å². The highest BCUT2D eigenvalue weighted by molar-refractivity contribution is 6.16. The minimum absolute atomic E-state index is 0.263. The van der Waals surface area contributed by atoms with Crippen molar-refractivity contribution in [2.75, 3.05) is 26.1 Å². The lowest BCUT2D eigenvalue weighted by molar-refractivity contribution is -0.122. The normalized spacial score (nSPS) is 22.0. The number of benzene rings is 4. The standard InChI is InChI=1S/C38H32N2O6/c1-4-20-46-26-12-9-11-24(21-26)34(41)32-33(35(42)25-16-17-30(44-2)31(22-25)45-3)40-19-18-23-10-5-6-13-27(23)36(40)38(32)28-14-7-8-15-29(28)39-37(38)43/h4-19,21-22,32-33,36H,1,20H2,2-3H3,(H,39,43)/t32-,33-,36+,38+/m0/s1. The maximum absolute atomic E-state index is 15.1. The molecular formula is C38H32N2O6. The Morgan fingerprint density at radius 2 is 1.65 bits per heavy atom. The molecule has 4 aromatic rings. The number of carbonyl (C=O) groups excluding carboxylic acids is 3. The Morgan fingerprint density at radius 1 is 0.891 bits per heavy atom. The molecule has 8 heteroatoms. The molecule has 1 amide bonds. The smallest absolute Gasteiger partial charge is 0.238 e. The van der Waals surface area contributed by atoms with Gasteiger partial charge in [-0.05, 0) is 59.2 Å². The summed E-state index contributed by atoms with van der Waals surface area (Å²) in [5.74, 6) is -0.756. The lowest BCUT2D eigenvalue weighted by Gasteiger charge is -2.38. The van der Waals surface area contributed by atoms with Crippen molar-refractivity contribution in [3.05, 3.63) is 138 Å². The van der Waals surface area contributed by atoms with Crippen molar-refractivity contribution in [3.8, 4) is 17.2 Å². The molecule has 4 aromatic carbocycles. The number of amides is 1. The average Bonchev–Trinajstić information content (AvgIpc) is 3.58. The van der Waals surface area contributed by atoms with Crippen LogP contribution in [0, 0.1) is 5.92 Å². The largest absolute Gasteiger partial charge is 0.493 e. The summed E-state index contributed by atoms with van der Waals surface area (Å²) in [6.07, 6.45) is 5.41.